The number of hydrogen-bond donors (Lipinski definition) is 1. The van der Waals surface area contributed by atoms with Crippen LogP contribution in [0.4, 0.5) is 0 Å². The van der Waals surface area contributed by atoms with Gasteiger partial charge in [0.25, 0.3) is 0 Å². The molecule has 1 aliphatic heterocycles. The van der Waals surface area contributed by atoms with Crippen LogP contribution in [-0.4, -0.2) is 60.3 Å². The molecule has 3 nitrogen and oxygen atoms in total. The Hall–Kier alpha value is -0.120. The lowest BCUT2D eigenvalue weighted by Gasteiger charge is -2.36. The van der Waals surface area contributed by atoms with Gasteiger partial charge in [-0.2, -0.15) is 0 Å². The van der Waals surface area contributed by atoms with Gasteiger partial charge in [0.1, 0.15) is 0 Å². The first-order chi connectivity index (χ1) is 6.88. The Morgan fingerprint density at radius 1 is 1.27 bits per heavy atom. The Balaban J connectivity index is 2.20. The summed E-state index contributed by atoms with van der Waals surface area (Å²) in [6.45, 7) is 7.17. The number of aliphatic hydroxyl groups is 1. The molecule has 15 heavy (non-hydrogen) atoms. The van der Waals surface area contributed by atoms with Gasteiger partial charge in [-0.25, -0.2) is 0 Å². The fourth-order valence-corrected chi connectivity index (χ4v) is 2.09. The molecule has 0 aromatic rings. The summed E-state index contributed by atoms with van der Waals surface area (Å²) in [7, 11) is 4.33. The molecular weight excluding hydrogens is 188 g/mol. The molecule has 0 aromatic carbocycles. The standard InChI is InChI=1S/C12H26N2O/c1-12(2,15)7-10-14-8-5-11(6-9-14)13(3)4/h11,15H,5-10H2,1-4H3. The van der Waals surface area contributed by atoms with E-state index in [4.69, 9.17) is 0 Å². The van der Waals surface area contributed by atoms with Crippen LogP contribution in [-0.2, 0) is 0 Å². The molecule has 0 spiro atoms. The van der Waals surface area contributed by atoms with Gasteiger partial charge < -0.3 is 14.9 Å². The Kier molecular flexibility index (Phi) is 4.56. The maximum absolute atomic E-state index is 9.65. The van der Waals surface area contributed by atoms with Crippen molar-refractivity contribution >= 4 is 0 Å². The average Bonchev–Trinajstić information content (AvgIpc) is 2.14. The molecule has 0 amide bonds. The van der Waals surface area contributed by atoms with E-state index >= 15 is 0 Å². The van der Waals surface area contributed by atoms with Crippen LogP contribution in [0.15, 0.2) is 0 Å². The first-order valence-corrected chi connectivity index (χ1v) is 5.99. The zero-order chi connectivity index (χ0) is 11.5. The summed E-state index contributed by atoms with van der Waals surface area (Å²) >= 11 is 0. The highest BCUT2D eigenvalue weighted by molar-refractivity contribution is 4.78. The Morgan fingerprint density at radius 2 is 1.80 bits per heavy atom. The molecule has 1 fully saturated rings. The monoisotopic (exact) mass is 214 g/mol. The van der Waals surface area contributed by atoms with Crippen molar-refractivity contribution < 1.29 is 5.11 Å². The number of nitrogens with zero attached hydrogens (tertiary/aromatic N) is 2. The second-order valence-corrected chi connectivity index (χ2v) is 5.60. The molecule has 0 aromatic heterocycles. The molecule has 0 bridgehead atoms. The molecule has 3 heteroatoms. The highest BCUT2D eigenvalue weighted by Crippen LogP contribution is 2.16. The summed E-state index contributed by atoms with van der Waals surface area (Å²) in [4.78, 5) is 4.80. The van der Waals surface area contributed by atoms with Crippen LogP contribution in [0.1, 0.15) is 33.1 Å². The summed E-state index contributed by atoms with van der Waals surface area (Å²) in [5.41, 5.74) is -0.515. The third-order valence-corrected chi connectivity index (χ3v) is 3.33. The minimum Gasteiger partial charge on any atom is -0.390 e. The highest BCUT2D eigenvalue weighted by atomic mass is 16.3. The SMILES string of the molecule is CN(C)C1CCN(CCC(C)(C)O)CC1. The minimum absolute atomic E-state index is 0.515. The van der Waals surface area contributed by atoms with Gasteiger partial charge in [0, 0.05) is 12.6 Å². The maximum Gasteiger partial charge on any atom is 0.0603 e. The molecule has 0 unspecified atom stereocenters. The van der Waals surface area contributed by atoms with Gasteiger partial charge in [0.05, 0.1) is 5.60 Å². The van der Waals surface area contributed by atoms with Crippen LogP contribution in [0.25, 0.3) is 0 Å². The molecular formula is C12H26N2O. The summed E-state index contributed by atoms with van der Waals surface area (Å²) in [6, 6.07) is 0.753. The van der Waals surface area contributed by atoms with E-state index in [2.05, 4.69) is 23.9 Å². The molecule has 90 valence electrons. The molecule has 1 rings (SSSR count). The van der Waals surface area contributed by atoms with Crippen molar-refractivity contribution in [3.05, 3.63) is 0 Å². The van der Waals surface area contributed by atoms with Crippen LogP contribution < -0.4 is 0 Å². The average molecular weight is 214 g/mol. The fourth-order valence-electron chi connectivity index (χ4n) is 2.09. The van der Waals surface area contributed by atoms with Crippen LogP contribution in [0, 0.1) is 0 Å². The zero-order valence-electron chi connectivity index (χ0n) is 10.7. The van der Waals surface area contributed by atoms with Gasteiger partial charge in [-0.1, -0.05) is 0 Å². The van der Waals surface area contributed by atoms with Crippen molar-refractivity contribution in [2.24, 2.45) is 0 Å². The van der Waals surface area contributed by atoms with Crippen molar-refractivity contribution in [2.45, 2.75) is 44.8 Å². The van der Waals surface area contributed by atoms with E-state index in [1.807, 2.05) is 13.8 Å². The van der Waals surface area contributed by atoms with Gasteiger partial charge in [0.15, 0.2) is 0 Å². The van der Waals surface area contributed by atoms with Crippen molar-refractivity contribution in [3.8, 4) is 0 Å². The summed E-state index contributed by atoms with van der Waals surface area (Å²) in [6.07, 6.45) is 3.40. The van der Waals surface area contributed by atoms with E-state index in [1.165, 1.54) is 25.9 Å². The van der Waals surface area contributed by atoms with Crippen LogP contribution in [0.2, 0.25) is 0 Å². The van der Waals surface area contributed by atoms with E-state index in [-0.39, 0.29) is 0 Å². The van der Waals surface area contributed by atoms with E-state index in [9.17, 15) is 5.11 Å². The quantitative estimate of drug-likeness (QED) is 0.761. The van der Waals surface area contributed by atoms with Gasteiger partial charge in [-0.15, -0.1) is 0 Å². The van der Waals surface area contributed by atoms with Gasteiger partial charge in [0.2, 0.25) is 0 Å². The predicted octanol–water partition coefficient (Wildman–Crippen LogP) is 1.17. The van der Waals surface area contributed by atoms with Crippen LogP contribution in [0.3, 0.4) is 0 Å². The van der Waals surface area contributed by atoms with E-state index < -0.39 is 5.60 Å². The first kappa shape index (κ1) is 12.9. The van der Waals surface area contributed by atoms with Crippen LogP contribution >= 0.6 is 0 Å². The van der Waals surface area contributed by atoms with E-state index in [1.54, 1.807) is 0 Å². The van der Waals surface area contributed by atoms with Gasteiger partial charge in [-0.05, 0) is 60.3 Å². The Labute approximate surface area is 94.1 Å². The lowest BCUT2D eigenvalue weighted by molar-refractivity contribution is 0.0499. The van der Waals surface area contributed by atoms with Crippen LogP contribution in [0.5, 0.6) is 0 Å². The normalized spacial score (nSPS) is 21.2. The summed E-state index contributed by atoms with van der Waals surface area (Å²) in [5, 5.41) is 9.65. The van der Waals surface area contributed by atoms with Crippen molar-refractivity contribution in [3.63, 3.8) is 0 Å². The molecule has 0 aliphatic carbocycles. The molecule has 1 heterocycles. The topological polar surface area (TPSA) is 26.7 Å². The molecule has 1 saturated heterocycles. The number of hydrogen-bond acceptors (Lipinski definition) is 3. The molecule has 1 N–H and O–H groups in total. The largest absolute Gasteiger partial charge is 0.390 e. The van der Waals surface area contributed by atoms with Crippen molar-refractivity contribution in [1.29, 1.82) is 0 Å². The second-order valence-electron chi connectivity index (χ2n) is 5.60. The van der Waals surface area contributed by atoms with E-state index in [0.717, 1.165) is 19.0 Å². The number of piperidine rings is 1. The van der Waals surface area contributed by atoms with E-state index in [0.29, 0.717) is 0 Å². The smallest absolute Gasteiger partial charge is 0.0603 e. The van der Waals surface area contributed by atoms with Gasteiger partial charge >= 0.3 is 0 Å². The predicted molar refractivity (Wildman–Crippen MR) is 64.1 cm³/mol. The maximum atomic E-state index is 9.65. The van der Waals surface area contributed by atoms with Crippen molar-refractivity contribution in [2.75, 3.05) is 33.7 Å². The lowest BCUT2D eigenvalue weighted by Crippen LogP contribution is -2.43. The van der Waals surface area contributed by atoms with Crippen molar-refractivity contribution in [1.82, 2.24) is 9.80 Å². The zero-order valence-corrected chi connectivity index (χ0v) is 10.7. The molecule has 0 atom stereocenters. The Bertz CT molecular complexity index is 179. The third kappa shape index (κ3) is 4.96. The Morgan fingerprint density at radius 3 is 2.20 bits per heavy atom. The first-order valence-electron chi connectivity index (χ1n) is 5.99. The number of rotatable bonds is 4. The second kappa shape index (κ2) is 5.28. The lowest BCUT2D eigenvalue weighted by atomic mass is 10.0. The molecule has 1 aliphatic rings. The van der Waals surface area contributed by atoms with Gasteiger partial charge in [-0.3, -0.25) is 0 Å². The molecule has 0 saturated carbocycles. The fraction of sp³-hybridized carbons (Fsp3) is 1.00. The summed E-state index contributed by atoms with van der Waals surface area (Å²) in [5.74, 6) is 0. The summed E-state index contributed by atoms with van der Waals surface area (Å²) < 4.78 is 0. The third-order valence-electron chi connectivity index (χ3n) is 3.33. The number of likely N-dealkylation sites (tertiary alicyclic amines) is 1. The molecule has 0 radical (unpaired) electrons. The highest BCUT2D eigenvalue weighted by Gasteiger charge is 2.22. The minimum atomic E-state index is -0.515.